The Morgan fingerprint density at radius 1 is 1.07 bits per heavy atom. The Hall–Kier alpha value is -1.35. The number of aliphatic imine (C=N–C) groups is 1. The molecule has 1 aliphatic rings. The summed E-state index contributed by atoms with van der Waals surface area (Å²) in [6, 6.07) is 8.27. The summed E-state index contributed by atoms with van der Waals surface area (Å²) in [7, 11) is 2.17. The van der Waals surface area contributed by atoms with Crippen LogP contribution in [-0.4, -0.2) is 44.8 Å². The van der Waals surface area contributed by atoms with Crippen molar-refractivity contribution in [1.82, 2.24) is 4.90 Å². The van der Waals surface area contributed by atoms with Crippen LogP contribution in [0, 0.1) is 0 Å². The Labute approximate surface area is 91.0 Å². The molecule has 1 aliphatic heterocycles. The van der Waals surface area contributed by atoms with Crippen molar-refractivity contribution >= 4 is 18.1 Å². The Kier molecular flexibility index (Phi) is 3.02. The molecule has 0 bridgehead atoms. The molecule has 2 rings (SSSR count). The number of anilines is 1. The highest BCUT2D eigenvalue weighted by Gasteiger charge is 2.13. The molecule has 1 heterocycles. The van der Waals surface area contributed by atoms with Gasteiger partial charge in [-0.15, -0.1) is 0 Å². The third kappa shape index (κ3) is 2.36. The molecule has 0 radical (unpaired) electrons. The zero-order valence-electron chi connectivity index (χ0n) is 9.19. The largest absolute Gasteiger partial charge is 0.369 e. The molecule has 0 amide bonds. The summed E-state index contributed by atoms with van der Waals surface area (Å²) < 4.78 is 0. The molecule has 3 nitrogen and oxygen atoms in total. The van der Waals surface area contributed by atoms with Crippen LogP contribution >= 0.6 is 0 Å². The molecule has 0 spiro atoms. The van der Waals surface area contributed by atoms with Gasteiger partial charge in [0, 0.05) is 31.9 Å². The number of benzene rings is 1. The van der Waals surface area contributed by atoms with Gasteiger partial charge in [-0.3, -0.25) is 4.99 Å². The van der Waals surface area contributed by atoms with Crippen LogP contribution in [0.3, 0.4) is 0 Å². The van der Waals surface area contributed by atoms with Crippen molar-refractivity contribution in [2.45, 2.75) is 0 Å². The Morgan fingerprint density at radius 3 is 2.20 bits per heavy atom. The van der Waals surface area contributed by atoms with Gasteiger partial charge in [-0.1, -0.05) is 0 Å². The van der Waals surface area contributed by atoms with E-state index in [1.165, 1.54) is 5.69 Å². The lowest BCUT2D eigenvalue weighted by Gasteiger charge is -2.34. The number of likely N-dealkylation sites (N-methyl/N-ethyl adjacent to an activating group) is 1. The highest BCUT2D eigenvalue weighted by molar-refractivity contribution is 5.55. The molecule has 1 fully saturated rings. The standard InChI is InChI=1S/C12H17N3/c1-13-11-3-5-12(6-4-11)15-9-7-14(2)8-10-15/h3-6H,1,7-10H2,2H3. The van der Waals surface area contributed by atoms with E-state index in [9.17, 15) is 0 Å². The first-order valence-corrected chi connectivity index (χ1v) is 5.30. The number of rotatable bonds is 2. The molecule has 0 N–H and O–H groups in total. The van der Waals surface area contributed by atoms with Crippen LogP contribution in [0.1, 0.15) is 0 Å². The molecular weight excluding hydrogens is 186 g/mol. The van der Waals surface area contributed by atoms with E-state index in [1.54, 1.807) is 0 Å². The summed E-state index contributed by atoms with van der Waals surface area (Å²) in [4.78, 5) is 8.66. The predicted octanol–water partition coefficient (Wildman–Crippen LogP) is 1.77. The van der Waals surface area contributed by atoms with E-state index in [1.807, 2.05) is 12.1 Å². The molecule has 0 aliphatic carbocycles. The van der Waals surface area contributed by atoms with Gasteiger partial charge < -0.3 is 9.80 Å². The lowest BCUT2D eigenvalue weighted by Crippen LogP contribution is -2.44. The first kappa shape index (κ1) is 10.2. The van der Waals surface area contributed by atoms with Crippen LogP contribution in [0.5, 0.6) is 0 Å². The van der Waals surface area contributed by atoms with Gasteiger partial charge >= 0.3 is 0 Å². The number of hydrogen-bond donors (Lipinski definition) is 0. The van der Waals surface area contributed by atoms with Crippen LogP contribution in [0.4, 0.5) is 11.4 Å². The number of hydrogen-bond acceptors (Lipinski definition) is 3. The van der Waals surface area contributed by atoms with Gasteiger partial charge in [0.15, 0.2) is 0 Å². The van der Waals surface area contributed by atoms with E-state index in [4.69, 9.17) is 0 Å². The summed E-state index contributed by atoms with van der Waals surface area (Å²) in [5, 5.41) is 0. The molecule has 1 aromatic carbocycles. The van der Waals surface area contributed by atoms with Crippen molar-refractivity contribution in [1.29, 1.82) is 0 Å². The third-order valence-electron chi connectivity index (χ3n) is 2.90. The first-order valence-electron chi connectivity index (χ1n) is 5.30. The lowest BCUT2D eigenvalue weighted by atomic mass is 10.2. The summed E-state index contributed by atoms with van der Waals surface area (Å²) in [5.41, 5.74) is 2.23. The van der Waals surface area contributed by atoms with E-state index in [-0.39, 0.29) is 0 Å². The molecule has 0 saturated carbocycles. The Bertz CT molecular complexity index is 323. The fourth-order valence-electron chi connectivity index (χ4n) is 1.83. The van der Waals surface area contributed by atoms with Crippen molar-refractivity contribution in [2.24, 2.45) is 4.99 Å². The minimum Gasteiger partial charge on any atom is -0.369 e. The van der Waals surface area contributed by atoms with Gasteiger partial charge in [-0.05, 0) is 38.0 Å². The summed E-state index contributed by atoms with van der Waals surface area (Å²) in [5.74, 6) is 0. The van der Waals surface area contributed by atoms with E-state index < -0.39 is 0 Å². The van der Waals surface area contributed by atoms with Gasteiger partial charge in [0.25, 0.3) is 0 Å². The third-order valence-corrected chi connectivity index (χ3v) is 2.90. The average molecular weight is 203 g/mol. The maximum absolute atomic E-state index is 3.89. The fraction of sp³-hybridized carbons (Fsp3) is 0.417. The maximum atomic E-state index is 3.89. The molecule has 15 heavy (non-hydrogen) atoms. The predicted molar refractivity (Wildman–Crippen MR) is 65.4 cm³/mol. The summed E-state index contributed by atoms with van der Waals surface area (Å²) >= 11 is 0. The molecule has 0 aromatic heterocycles. The van der Waals surface area contributed by atoms with Crippen LogP contribution in [0.15, 0.2) is 29.3 Å². The van der Waals surface area contributed by atoms with Crippen LogP contribution in [0.25, 0.3) is 0 Å². The summed E-state index contributed by atoms with van der Waals surface area (Å²) in [6.45, 7) is 8.01. The molecule has 1 saturated heterocycles. The highest BCUT2D eigenvalue weighted by Crippen LogP contribution is 2.20. The quantitative estimate of drug-likeness (QED) is 0.682. The highest BCUT2D eigenvalue weighted by atomic mass is 15.2. The number of nitrogens with zero attached hydrogens (tertiary/aromatic N) is 3. The zero-order valence-corrected chi connectivity index (χ0v) is 9.19. The van der Waals surface area contributed by atoms with Gasteiger partial charge in [0.1, 0.15) is 0 Å². The van der Waals surface area contributed by atoms with E-state index in [0.717, 1.165) is 31.9 Å². The molecule has 1 aromatic rings. The van der Waals surface area contributed by atoms with Crippen molar-refractivity contribution in [3.05, 3.63) is 24.3 Å². The van der Waals surface area contributed by atoms with Crippen LogP contribution in [-0.2, 0) is 0 Å². The molecule has 3 heteroatoms. The maximum Gasteiger partial charge on any atom is 0.0623 e. The lowest BCUT2D eigenvalue weighted by molar-refractivity contribution is 0.313. The topological polar surface area (TPSA) is 18.8 Å². The zero-order chi connectivity index (χ0) is 10.7. The number of piperazine rings is 1. The van der Waals surface area contributed by atoms with E-state index in [0.29, 0.717) is 0 Å². The normalized spacial score (nSPS) is 17.8. The molecule has 80 valence electrons. The SMILES string of the molecule is C=Nc1ccc(N2CCN(C)CC2)cc1. The fourth-order valence-corrected chi connectivity index (χ4v) is 1.83. The second kappa shape index (κ2) is 4.45. The first-order chi connectivity index (χ1) is 7.29. The van der Waals surface area contributed by atoms with Gasteiger partial charge in [0.05, 0.1) is 5.69 Å². The molecule has 0 atom stereocenters. The minimum atomic E-state index is 0.938. The van der Waals surface area contributed by atoms with Crippen molar-refractivity contribution in [2.75, 3.05) is 38.1 Å². The van der Waals surface area contributed by atoms with Gasteiger partial charge in [-0.25, -0.2) is 0 Å². The minimum absolute atomic E-state index is 0.938. The summed E-state index contributed by atoms with van der Waals surface area (Å²) in [6.07, 6.45) is 0. The van der Waals surface area contributed by atoms with E-state index in [2.05, 4.69) is 40.7 Å². The smallest absolute Gasteiger partial charge is 0.0623 e. The van der Waals surface area contributed by atoms with Crippen molar-refractivity contribution < 1.29 is 0 Å². The van der Waals surface area contributed by atoms with Gasteiger partial charge in [0.2, 0.25) is 0 Å². The van der Waals surface area contributed by atoms with E-state index >= 15 is 0 Å². The Balaban J connectivity index is 2.06. The average Bonchev–Trinajstić information content (AvgIpc) is 2.30. The second-order valence-electron chi connectivity index (χ2n) is 3.96. The van der Waals surface area contributed by atoms with Crippen molar-refractivity contribution in [3.63, 3.8) is 0 Å². The molecule has 0 unspecified atom stereocenters. The monoisotopic (exact) mass is 203 g/mol. The van der Waals surface area contributed by atoms with Crippen LogP contribution in [0.2, 0.25) is 0 Å². The van der Waals surface area contributed by atoms with Crippen molar-refractivity contribution in [3.8, 4) is 0 Å². The second-order valence-corrected chi connectivity index (χ2v) is 3.96. The van der Waals surface area contributed by atoms with Crippen LogP contribution < -0.4 is 4.90 Å². The molecular formula is C12H17N3. The Morgan fingerprint density at radius 2 is 1.67 bits per heavy atom. The van der Waals surface area contributed by atoms with Gasteiger partial charge in [-0.2, -0.15) is 0 Å².